The van der Waals surface area contributed by atoms with Gasteiger partial charge in [0.25, 0.3) is 5.91 Å². The SMILES string of the molecule is CCCCN(CCCC)CCNCc1ccc(-c2ccccc2)cc1.CCCCc1ccc(C(=O)N(CCN(CCCC)CCCC)Cc2ccc(-c3ccccc3)cc2)cc1. The van der Waals surface area contributed by atoms with E-state index >= 15 is 0 Å². The van der Waals surface area contributed by atoms with Crippen LogP contribution in [0.3, 0.4) is 0 Å². The maximum absolute atomic E-state index is 13.7. The Morgan fingerprint density at radius 2 is 0.839 bits per heavy atom. The Hall–Kier alpha value is -4.55. The summed E-state index contributed by atoms with van der Waals surface area (Å²) >= 11 is 0. The molecule has 5 aromatic carbocycles. The highest BCUT2D eigenvalue weighted by molar-refractivity contribution is 5.94. The minimum absolute atomic E-state index is 0.125. The van der Waals surface area contributed by atoms with Gasteiger partial charge >= 0.3 is 0 Å². The molecule has 334 valence electrons. The van der Waals surface area contributed by atoms with Gasteiger partial charge in [-0.2, -0.15) is 0 Å². The molecule has 62 heavy (non-hydrogen) atoms. The number of carbonyl (C=O) groups excluding carboxylic acids is 1. The Morgan fingerprint density at radius 3 is 1.31 bits per heavy atom. The van der Waals surface area contributed by atoms with Gasteiger partial charge in [-0.05, 0) is 116 Å². The lowest BCUT2D eigenvalue weighted by atomic mass is 10.0. The lowest BCUT2D eigenvalue weighted by molar-refractivity contribution is 0.0720. The summed E-state index contributed by atoms with van der Waals surface area (Å²) in [5.41, 5.74) is 9.61. The van der Waals surface area contributed by atoms with E-state index in [2.05, 4.69) is 165 Å². The minimum atomic E-state index is 0.125. The summed E-state index contributed by atoms with van der Waals surface area (Å²) in [7, 11) is 0. The van der Waals surface area contributed by atoms with Gasteiger partial charge in [0.05, 0.1) is 0 Å². The number of benzene rings is 5. The van der Waals surface area contributed by atoms with Gasteiger partial charge in [-0.25, -0.2) is 0 Å². The number of carbonyl (C=O) groups is 1. The van der Waals surface area contributed by atoms with Crippen LogP contribution in [0.4, 0.5) is 0 Å². The second-order valence-corrected chi connectivity index (χ2v) is 16.9. The monoisotopic (exact) mass is 837 g/mol. The molecule has 0 aromatic heterocycles. The van der Waals surface area contributed by atoms with Crippen molar-refractivity contribution in [2.24, 2.45) is 0 Å². The van der Waals surface area contributed by atoms with E-state index in [-0.39, 0.29) is 5.91 Å². The summed E-state index contributed by atoms with van der Waals surface area (Å²) in [6, 6.07) is 46.9. The fraction of sp³-hybridized carbons (Fsp3) is 0.456. The Morgan fingerprint density at radius 1 is 0.419 bits per heavy atom. The summed E-state index contributed by atoms with van der Waals surface area (Å²) in [5, 5.41) is 3.60. The van der Waals surface area contributed by atoms with Crippen LogP contribution in [0, 0.1) is 0 Å². The van der Waals surface area contributed by atoms with Crippen LogP contribution in [0.25, 0.3) is 22.3 Å². The molecular formula is C57H80N4O. The normalized spacial score (nSPS) is 11.1. The largest absolute Gasteiger partial charge is 0.333 e. The van der Waals surface area contributed by atoms with Crippen molar-refractivity contribution in [3.63, 3.8) is 0 Å². The van der Waals surface area contributed by atoms with E-state index in [0.29, 0.717) is 6.54 Å². The van der Waals surface area contributed by atoms with Gasteiger partial charge in [0.15, 0.2) is 0 Å². The molecule has 0 radical (unpaired) electrons. The van der Waals surface area contributed by atoms with Crippen molar-refractivity contribution < 1.29 is 4.79 Å². The van der Waals surface area contributed by atoms with Crippen LogP contribution < -0.4 is 5.32 Å². The first-order valence-corrected chi connectivity index (χ1v) is 24.3. The van der Waals surface area contributed by atoms with Gasteiger partial charge in [0.1, 0.15) is 0 Å². The average Bonchev–Trinajstić information content (AvgIpc) is 3.33. The molecule has 5 heteroatoms. The van der Waals surface area contributed by atoms with E-state index in [1.165, 1.54) is 116 Å². The number of aryl methyl sites for hydroxylation is 1. The van der Waals surface area contributed by atoms with Gasteiger partial charge in [-0.15, -0.1) is 0 Å². The van der Waals surface area contributed by atoms with E-state index < -0.39 is 0 Å². The number of hydrogen-bond donors (Lipinski definition) is 1. The quantitative estimate of drug-likeness (QED) is 0.0510. The molecular weight excluding hydrogens is 757 g/mol. The molecule has 1 amide bonds. The first kappa shape index (κ1) is 50.1. The molecule has 0 bridgehead atoms. The van der Waals surface area contributed by atoms with Crippen LogP contribution in [-0.4, -0.2) is 73.0 Å². The first-order chi connectivity index (χ1) is 30.5. The third-order valence-electron chi connectivity index (χ3n) is 11.7. The van der Waals surface area contributed by atoms with E-state index in [1.807, 2.05) is 23.1 Å². The van der Waals surface area contributed by atoms with Crippen LogP contribution in [-0.2, 0) is 19.5 Å². The Kier molecular flexibility index (Phi) is 24.6. The molecule has 5 rings (SSSR count). The molecule has 5 aromatic rings. The standard InChI is InChI=1S/C34H46N2O.C23H34N2/c1-4-7-13-29-16-22-33(23-17-29)34(37)36(27-26-35(24-8-5-2)25-9-6-3)28-30-18-20-32(21-19-30)31-14-11-10-12-15-31;1-3-5-17-25(18-6-4-2)19-16-24-20-21-12-14-23(15-13-21)22-10-8-7-9-11-22/h10-12,14-23H,4-9,13,24-28H2,1-3H3;7-15,24H,3-6,16-20H2,1-2H3. The molecule has 1 N–H and O–H groups in total. The van der Waals surface area contributed by atoms with Crippen LogP contribution in [0.2, 0.25) is 0 Å². The molecule has 0 saturated carbocycles. The molecule has 0 heterocycles. The summed E-state index contributed by atoms with van der Waals surface area (Å²) < 4.78 is 0. The molecule has 0 atom stereocenters. The van der Waals surface area contributed by atoms with Gasteiger partial charge in [0.2, 0.25) is 0 Å². The third-order valence-corrected chi connectivity index (χ3v) is 11.7. The Balaban J connectivity index is 0.000000294. The zero-order valence-corrected chi connectivity index (χ0v) is 39.3. The lowest BCUT2D eigenvalue weighted by Gasteiger charge is -2.28. The van der Waals surface area contributed by atoms with Crippen molar-refractivity contribution in [2.75, 3.05) is 52.4 Å². The van der Waals surface area contributed by atoms with Gasteiger partial charge in [-0.1, -0.05) is 188 Å². The molecule has 5 nitrogen and oxygen atoms in total. The summed E-state index contributed by atoms with van der Waals surface area (Å²) in [6.07, 6.45) is 13.4. The van der Waals surface area contributed by atoms with Crippen molar-refractivity contribution in [2.45, 2.75) is 118 Å². The van der Waals surface area contributed by atoms with Crippen LogP contribution in [0.15, 0.2) is 133 Å². The maximum Gasteiger partial charge on any atom is 0.254 e. The highest BCUT2D eigenvalue weighted by Gasteiger charge is 2.18. The zero-order chi connectivity index (χ0) is 44.0. The van der Waals surface area contributed by atoms with Crippen LogP contribution in [0.1, 0.15) is 126 Å². The highest BCUT2D eigenvalue weighted by atomic mass is 16.2. The van der Waals surface area contributed by atoms with E-state index in [9.17, 15) is 4.79 Å². The smallest absolute Gasteiger partial charge is 0.254 e. The number of nitrogens with zero attached hydrogens (tertiary/aromatic N) is 3. The number of unbranched alkanes of at least 4 members (excludes halogenated alkanes) is 5. The zero-order valence-electron chi connectivity index (χ0n) is 39.3. The fourth-order valence-corrected chi connectivity index (χ4v) is 7.66. The Bertz CT molecular complexity index is 1840. The lowest BCUT2D eigenvalue weighted by Crippen LogP contribution is -2.39. The predicted molar refractivity (Wildman–Crippen MR) is 268 cm³/mol. The molecule has 0 spiro atoms. The number of amides is 1. The van der Waals surface area contributed by atoms with Gasteiger partial charge < -0.3 is 20.0 Å². The second-order valence-electron chi connectivity index (χ2n) is 16.9. The molecule has 0 aliphatic carbocycles. The van der Waals surface area contributed by atoms with Crippen molar-refractivity contribution >= 4 is 5.91 Å². The average molecular weight is 837 g/mol. The van der Waals surface area contributed by atoms with Crippen molar-refractivity contribution in [1.29, 1.82) is 0 Å². The maximum atomic E-state index is 13.7. The topological polar surface area (TPSA) is 38.8 Å². The van der Waals surface area contributed by atoms with E-state index in [4.69, 9.17) is 0 Å². The minimum Gasteiger partial charge on any atom is -0.333 e. The van der Waals surface area contributed by atoms with Crippen LogP contribution >= 0.6 is 0 Å². The van der Waals surface area contributed by atoms with E-state index in [1.54, 1.807) is 0 Å². The second kappa shape index (κ2) is 30.5. The van der Waals surface area contributed by atoms with Gasteiger partial charge in [-0.3, -0.25) is 4.79 Å². The predicted octanol–water partition coefficient (Wildman–Crippen LogP) is 13.6. The van der Waals surface area contributed by atoms with E-state index in [0.717, 1.165) is 57.8 Å². The van der Waals surface area contributed by atoms with Crippen molar-refractivity contribution in [3.05, 3.63) is 156 Å². The molecule has 0 saturated heterocycles. The third kappa shape index (κ3) is 18.8. The van der Waals surface area contributed by atoms with Crippen molar-refractivity contribution in [1.82, 2.24) is 20.0 Å². The summed E-state index contributed by atoms with van der Waals surface area (Å²) in [5.74, 6) is 0.125. The highest BCUT2D eigenvalue weighted by Crippen LogP contribution is 2.22. The number of hydrogen-bond acceptors (Lipinski definition) is 4. The van der Waals surface area contributed by atoms with Crippen LogP contribution in [0.5, 0.6) is 0 Å². The van der Waals surface area contributed by atoms with Gasteiger partial charge in [0, 0.05) is 44.8 Å². The fourth-order valence-electron chi connectivity index (χ4n) is 7.66. The summed E-state index contributed by atoms with van der Waals surface area (Å²) in [4.78, 5) is 20.9. The molecule has 0 unspecified atom stereocenters. The number of nitrogens with one attached hydrogen (secondary N) is 1. The number of rotatable bonds is 28. The molecule has 0 aliphatic heterocycles. The molecule has 0 fully saturated rings. The summed E-state index contributed by atoms with van der Waals surface area (Å²) in [6.45, 7) is 21.4. The molecule has 0 aliphatic rings. The Labute approximate surface area is 378 Å². The van der Waals surface area contributed by atoms with Crippen molar-refractivity contribution in [3.8, 4) is 22.3 Å². The first-order valence-electron chi connectivity index (χ1n) is 24.3.